The van der Waals surface area contributed by atoms with E-state index in [1.54, 1.807) is 13.1 Å². The van der Waals surface area contributed by atoms with Crippen LogP contribution in [0.15, 0.2) is 53.5 Å². The molecule has 1 aliphatic heterocycles. The molecule has 3 N–H and O–H groups in total. The summed E-state index contributed by atoms with van der Waals surface area (Å²) < 4.78 is 0. The van der Waals surface area contributed by atoms with Gasteiger partial charge in [-0.3, -0.25) is 9.79 Å². The van der Waals surface area contributed by atoms with Gasteiger partial charge in [0.1, 0.15) is 5.84 Å². The molecule has 0 aromatic heterocycles. The molecule has 2 aromatic carbocycles. The second-order valence-corrected chi connectivity index (χ2v) is 7.49. The molecule has 0 radical (unpaired) electrons. The number of aryl methyl sites for hydroxylation is 1. The average molecular weight is 409 g/mol. The Morgan fingerprint density at radius 2 is 1.97 bits per heavy atom. The molecule has 0 aliphatic carbocycles. The van der Waals surface area contributed by atoms with Crippen LogP contribution < -0.4 is 20.9 Å². The highest BCUT2D eigenvalue weighted by molar-refractivity contribution is 6.13. The second kappa shape index (κ2) is 9.41. The molecule has 30 heavy (non-hydrogen) atoms. The number of nitrogens with one attached hydrogen (secondary N) is 3. The number of carbonyl (C=O) groups excluding carboxylic acids is 2. The van der Waals surface area contributed by atoms with Crippen LogP contribution in [0.1, 0.15) is 11.1 Å². The van der Waals surface area contributed by atoms with Crippen LogP contribution in [-0.4, -0.2) is 63.1 Å². The van der Waals surface area contributed by atoms with Gasteiger partial charge in [0.05, 0.1) is 12.2 Å². The number of carbonyl (C=O) groups is 2. The molecule has 3 rings (SSSR count). The Hall–Kier alpha value is -3.39. The Bertz CT molecular complexity index is 956. The number of aliphatic imine (C=N–C) groups is 1. The molecular formula is C22H28N6O2. The Morgan fingerprint density at radius 3 is 2.70 bits per heavy atom. The number of rotatable bonds is 5. The Kier molecular flexibility index (Phi) is 6.68. The number of amidine groups is 1. The van der Waals surface area contributed by atoms with Crippen molar-refractivity contribution in [2.24, 2.45) is 4.99 Å². The lowest BCUT2D eigenvalue weighted by Crippen LogP contribution is -2.56. The van der Waals surface area contributed by atoms with Gasteiger partial charge in [-0.05, 0) is 50.8 Å². The number of amides is 3. The van der Waals surface area contributed by atoms with E-state index in [4.69, 9.17) is 0 Å². The molecule has 0 saturated carbocycles. The summed E-state index contributed by atoms with van der Waals surface area (Å²) in [7, 11) is 5.65. The topological polar surface area (TPSA) is 89.1 Å². The number of nitrogens with zero attached hydrogens (tertiary/aromatic N) is 3. The van der Waals surface area contributed by atoms with Gasteiger partial charge >= 0.3 is 6.03 Å². The third kappa shape index (κ3) is 5.15. The molecule has 1 aliphatic rings. The predicted molar refractivity (Wildman–Crippen MR) is 120 cm³/mol. The molecule has 1 heterocycles. The molecule has 1 atom stereocenters. The second-order valence-electron chi connectivity index (χ2n) is 7.49. The van der Waals surface area contributed by atoms with Gasteiger partial charge in [-0.25, -0.2) is 4.79 Å². The Balaban J connectivity index is 1.82. The van der Waals surface area contributed by atoms with E-state index in [9.17, 15) is 9.59 Å². The first kappa shape index (κ1) is 21.3. The van der Waals surface area contributed by atoms with E-state index < -0.39 is 12.2 Å². The van der Waals surface area contributed by atoms with Crippen molar-refractivity contribution in [3.8, 4) is 0 Å². The predicted octanol–water partition coefficient (Wildman–Crippen LogP) is 2.02. The van der Waals surface area contributed by atoms with E-state index in [0.29, 0.717) is 18.1 Å². The first-order valence-electron chi connectivity index (χ1n) is 9.82. The molecule has 3 amide bonds. The van der Waals surface area contributed by atoms with Crippen LogP contribution in [0.25, 0.3) is 0 Å². The maximum Gasteiger partial charge on any atom is 0.321 e. The van der Waals surface area contributed by atoms with Crippen molar-refractivity contribution in [1.82, 2.24) is 15.5 Å². The fourth-order valence-corrected chi connectivity index (χ4v) is 3.17. The van der Waals surface area contributed by atoms with Crippen LogP contribution in [0.5, 0.6) is 0 Å². The molecule has 1 unspecified atom stereocenters. The van der Waals surface area contributed by atoms with E-state index in [0.717, 1.165) is 23.4 Å². The first-order chi connectivity index (χ1) is 14.3. The number of fused-ring (bicyclic) bond motifs is 1. The molecule has 8 nitrogen and oxygen atoms in total. The standard InChI is InChI=1S/C22H28N6O2/c1-15-8-7-9-16(14-15)24-22(30)26-20-21(29)28(4)18-11-6-5-10-17(18)19(25-20)23-12-13-27(2)3/h5-11,14,20H,12-13H2,1-4H3,(H,23,25)(H2,24,26,30). The van der Waals surface area contributed by atoms with Gasteiger partial charge in [0, 0.05) is 24.8 Å². The van der Waals surface area contributed by atoms with E-state index in [1.165, 1.54) is 4.90 Å². The zero-order chi connectivity index (χ0) is 21.7. The maximum absolute atomic E-state index is 13.0. The monoisotopic (exact) mass is 408 g/mol. The van der Waals surface area contributed by atoms with E-state index in [-0.39, 0.29) is 5.91 Å². The third-order valence-corrected chi connectivity index (χ3v) is 4.75. The van der Waals surface area contributed by atoms with E-state index >= 15 is 0 Å². The van der Waals surface area contributed by atoms with Gasteiger partial charge in [-0.2, -0.15) is 0 Å². The van der Waals surface area contributed by atoms with Crippen molar-refractivity contribution in [3.63, 3.8) is 0 Å². The van der Waals surface area contributed by atoms with Crippen LogP contribution in [-0.2, 0) is 4.79 Å². The summed E-state index contributed by atoms with van der Waals surface area (Å²) in [5.41, 5.74) is 3.24. The molecule has 0 bridgehead atoms. The summed E-state index contributed by atoms with van der Waals surface area (Å²) in [4.78, 5) is 33.8. The highest BCUT2D eigenvalue weighted by Crippen LogP contribution is 2.23. The zero-order valence-electron chi connectivity index (χ0n) is 17.8. The molecular weight excluding hydrogens is 380 g/mol. The molecule has 0 spiro atoms. The van der Waals surface area contributed by atoms with E-state index in [1.807, 2.05) is 68.4 Å². The largest absolute Gasteiger partial charge is 0.342 e. The van der Waals surface area contributed by atoms with Crippen molar-refractivity contribution >= 4 is 29.1 Å². The number of anilines is 2. The van der Waals surface area contributed by atoms with Gasteiger partial charge in [0.15, 0.2) is 6.17 Å². The maximum atomic E-state index is 13.0. The third-order valence-electron chi connectivity index (χ3n) is 4.75. The van der Waals surface area contributed by atoms with Gasteiger partial charge in [-0.1, -0.05) is 24.3 Å². The lowest BCUT2D eigenvalue weighted by atomic mass is 10.1. The van der Waals surface area contributed by atoms with Crippen molar-refractivity contribution in [1.29, 1.82) is 0 Å². The van der Waals surface area contributed by atoms with Gasteiger partial charge in [0.25, 0.3) is 5.91 Å². The molecule has 158 valence electrons. The van der Waals surface area contributed by atoms with Crippen LogP contribution in [0, 0.1) is 6.92 Å². The molecule has 0 saturated heterocycles. The highest BCUT2D eigenvalue weighted by atomic mass is 16.2. The number of para-hydroxylation sites is 1. The summed E-state index contributed by atoms with van der Waals surface area (Å²) in [5.74, 6) is 0.297. The van der Waals surface area contributed by atoms with Gasteiger partial charge in [0.2, 0.25) is 0 Å². The lowest BCUT2D eigenvalue weighted by Gasteiger charge is -2.22. The Labute approximate surface area is 177 Å². The molecule has 2 aromatic rings. The van der Waals surface area contributed by atoms with Crippen molar-refractivity contribution in [2.45, 2.75) is 13.1 Å². The zero-order valence-corrected chi connectivity index (χ0v) is 17.8. The Morgan fingerprint density at radius 1 is 1.20 bits per heavy atom. The van der Waals surface area contributed by atoms with Crippen molar-refractivity contribution in [3.05, 3.63) is 59.7 Å². The first-order valence-corrected chi connectivity index (χ1v) is 9.82. The number of hydrogen-bond acceptors (Lipinski definition) is 4. The number of benzene rings is 2. The fraction of sp³-hybridized carbons (Fsp3) is 0.318. The fourth-order valence-electron chi connectivity index (χ4n) is 3.17. The summed E-state index contributed by atoms with van der Waals surface area (Å²) in [6.45, 7) is 3.27. The minimum atomic E-state index is -0.953. The van der Waals surface area contributed by atoms with Crippen LogP contribution >= 0.6 is 0 Å². The lowest BCUT2D eigenvalue weighted by molar-refractivity contribution is -0.120. The number of urea groups is 1. The highest BCUT2D eigenvalue weighted by Gasteiger charge is 2.31. The quantitative estimate of drug-likeness (QED) is 0.706. The minimum Gasteiger partial charge on any atom is -0.342 e. The minimum absolute atomic E-state index is 0.278. The summed E-state index contributed by atoms with van der Waals surface area (Å²) in [5, 5.41) is 8.62. The molecule has 8 heteroatoms. The van der Waals surface area contributed by atoms with Crippen LogP contribution in [0.3, 0.4) is 0 Å². The van der Waals surface area contributed by atoms with Crippen LogP contribution in [0.4, 0.5) is 16.2 Å². The number of likely N-dealkylation sites (N-methyl/N-ethyl adjacent to an activating group) is 2. The van der Waals surface area contributed by atoms with Crippen molar-refractivity contribution < 1.29 is 9.59 Å². The number of hydrogen-bond donors (Lipinski definition) is 3. The SMILES string of the molecule is Cc1cccc(NC(=O)NC2NC(=NCCN(C)C)c3ccccc3N(C)C2=O)c1. The normalized spacial score (nSPS) is 17.4. The van der Waals surface area contributed by atoms with Crippen molar-refractivity contribution in [2.75, 3.05) is 44.4 Å². The van der Waals surface area contributed by atoms with E-state index in [2.05, 4.69) is 20.9 Å². The smallest absolute Gasteiger partial charge is 0.321 e. The summed E-state index contributed by atoms with van der Waals surface area (Å²) in [6.07, 6.45) is -0.953. The summed E-state index contributed by atoms with van der Waals surface area (Å²) >= 11 is 0. The molecule has 0 fully saturated rings. The summed E-state index contributed by atoms with van der Waals surface area (Å²) in [6, 6.07) is 14.5. The van der Waals surface area contributed by atoms with Gasteiger partial charge < -0.3 is 25.8 Å². The average Bonchev–Trinajstić information content (AvgIpc) is 2.79. The van der Waals surface area contributed by atoms with Crippen LogP contribution in [0.2, 0.25) is 0 Å². The van der Waals surface area contributed by atoms with Gasteiger partial charge in [-0.15, -0.1) is 0 Å².